The zero-order chi connectivity index (χ0) is 16.1. The number of benzene rings is 1. The van der Waals surface area contributed by atoms with E-state index in [1.165, 1.54) is 0 Å². The Labute approximate surface area is 139 Å². The Morgan fingerprint density at radius 3 is 2.61 bits per heavy atom. The summed E-state index contributed by atoms with van der Waals surface area (Å²) in [7, 11) is 0. The summed E-state index contributed by atoms with van der Waals surface area (Å²) in [5, 5.41) is 20.7. The maximum absolute atomic E-state index is 9.24. The van der Waals surface area contributed by atoms with Gasteiger partial charge in [0.15, 0.2) is 11.6 Å². The maximum atomic E-state index is 9.24. The predicted octanol–water partition coefficient (Wildman–Crippen LogP) is 2.23. The van der Waals surface area contributed by atoms with Gasteiger partial charge in [0.2, 0.25) is 0 Å². The lowest BCUT2D eigenvalue weighted by Gasteiger charge is -2.05. The highest BCUT2D eigenvalue weighted by Gasteiger charge is 2.12. The van der Waals surface area contributed by atoms with Crippen molar-refractivity contribution in [3.63, 3.8) is 0 Å². The molecular formula is C16H19N5OS. The summed E-state index contributed by atoms with van der Waals surface area (Å²) in [6.45, 7) is 0.495. The van der Waals surface area contributed by atoms with E-state index in [-0.39, 0.29) is 6.61 Å². The molecule has 3 rings (SSSR count). The summed E-state index contributed by atoms with van der Waals surface area (Å²) in [6, 6.07) is 10.0. The number of aryl methyl sites for hydroxylation is 1. The minimum atomic E-state index is 0.0462. The highest BCUT2D eigenvalue weighted by atomic mass is 32.2. The average Bonchev–Trinajstić information content (AvgIpc) is 3.23. The lowest BCUT2D eigenvalue weighted by Crippen LogP contribution is -2.06. The molecule has 0 saturated heterocycles. The van der Waals surface area contributed by atoms with Crippen LogP contribution in [0.2, 0.25) is 0 Å². The standard InChI is InChI=1S/C16H19N5OS/c1-23-11-7-15-18-16(21(20-15)9-10-22)13-4-2-12(3-5-13)14-6-8-17-19-14/h2-6,8,22H,7,9-11H2,1H3,(H,17,19). The fourth-order valence-corrected chi connectivity index (χ4v) is 2.75. The molecule has 0 bridgehead atoms. The van der Waals surface area contributed by atoms with Crippen molar-refractivity contribution in [2.45, 2.75) is 13.0 Å². The lowest BCUT2D eigenvalue weighted by molar-refractivity contribution is 0.270. The number of nitrogens with zero attached hydrogens (tertiary/aromatic N) is 4. The Hall–Kier alpha value is -2.12. The SMILES string of the molecule is CSCCc1nc(-c2ccc(-c3ccn[nH]3)cc2)n(CCO)n1. The monoisotopic (exact) mass is 329 g/mol. The first kappa shape index (κ1) is 15.8. The van der Waals surface area contributed by atoms with Gasteiger partial charge in [-0.3, -0.25) is 5.10 Å². The number of hydrogen-bond donors (Lipinski definition) is 2. The summed E-state index contributed by atoms with van der Waals surface area (Å²) in [6.07, 6.45) is 4.64. The summed E-state index contributed by atoms with van der Waals surface area (Å²) in [4.78, 5) is 4.64. The van der Waals surface area contributed by atoms with Crippen molar-refractivity contribution in [2.75, 3.05) is 18.6 Å². The highest BCUT2D eigenvalue weighted by molar-refractivity contribution is 7.98. The minimum Gasteiger partial charge on any atom is -0.394 e. The molecule has 0 spiro atoms. The summed E-state index contributed by atoms with van der Waals surface area (Å²) in [5.74, 6) is 2.60. The van der Waals surface area contributed by atoms with Crippen LogP contribution in [0.5, 0.6) is 0 Å². The van der Waals surface area contributed by atoms with E-state index in [9.17, 15) is 5.11 Å². The van der Waals surface area contributed by atoms with Crippen LogP contribution in [0.15, 0.2) is 36.5 Å². The molecular weight excluding hydrogens is 310 g/mol. The van der Waals surface area contributed by atoms with Crippen molar-refractivity contribution in [2.24, 2.45) is 0 Å². The summed E-state index contributed by atoms with van der Waals surface area (Å²) >= 11 is 1.77. The number of aromatic nitrogens is 5. The van der Waals surface area contributed by atoms with Crippen LogP contribution < -0.4 is 0 Å². The van der Waals surface area contributed by atoms with Gasteiger partial charge in [-0.15, -0.1) is 0 Å². The maximum Gasteiger partial charge on any atom is 0.158 e. The molecule has 23 heavy (non-hydrogen) atoms. The molecule has 3 aromatic rings. The zero-order valence-electron chi connectivity index (χ0n) is 12.9. The van der Waals surface area contributed by atoms with E-state index in [4.69, 9.17) is 0 Å². The normalized spacial score (nSPS) is 11.0. The molecule has 0 radical (unpaired) electrons. The van der Waals surface area contributed by atoms with Crippen LogP contribution in [0.25, 0.3) is 22.6 Å². The molecule has 7 heteroatoms. The Balaban J connectivity index is 1.88. The minimum absolute atomic E-state index is 0.0462. The van der Waals surface area contributed by atoms with Gasteiger partial charge in [0, 0.05) is 23.9 Å². The van der Waals surface area contributed by atoms with Crippen molar-refractivity contribution in [1.82, 2.24) is 25.0 Å². The molecule has 0 aliphatic carbocycles. The van der Waals surface area contributed by atoms with Gasteiger partial charge in [0.05, 0.1) is 18.8 Å². The van der Waals surface area contributed by atoms with E-state index in [1.54, 1.807) is 22.6 Å². The number of aliphatic hydroxyl groups excluding tert-OH is 1. The molecule has 0 aliphatic rings. The number of thioether (sulfide) groups is 1. The van der Waals surface area contributed by atoms with Crippen molar-refractivity contribution in [3.8, 4) is 22.6 Å². The topological polar surface area (TPSA) is 79.6 Å². The molecule has 0 fully saturated rings. The van der Waals surface area contributed by atoms with Crippen molar-refractivity contribution in [3.05, 3.63) is 42.4 Å². The van der Waals surface area contributed by atoms with Gasteiger partial charge in [-0.05, 0) is 17.9 Å². The van der Waals surface area contributed by atoms with Crippen LogP contribution in [0, 0.1) is 0 Å². The summed E-state index contributed by atoms with van der Waals surface area (Å²) < 4.78 is 1.78. The predicted molar refractivity (Wildman–Crippen MR) is 92.2 cm³/mol. The fraction of sp³-hybridized carbons (Fsp3) is 0.312. The Morgan fingerprint density at radius 2 is 1.96 bits per heavy atom. The second-order valence-corrected chi connectivity index (χ2v) is 6.07. The van der Waals surface area contributed by atoms with Gasteiger partial charge >= 0.3 is 0 Å². The van der Waals surface area contributed by atoms with Crippen molar-refractivity contribution >= 4 is 11.8 Å². The third-order valence-electron chi connectivity index (χ3n) is 3.51. The fourth-order valence-electron chi connectivity index (χ4n) is 2.37. The smallest absolute Gasteiger partial charge is 0.158 e. The van der Waals surface area contributed by atoms with Gasteiger partial charge in [0.1, 0.15) is 0 Å². The molecule has 0 saturated carbocycles. The van der Waals surface area contributed by atoms with E-state index < -0.39 is 0 Å². The molecule has 0 atom stereocenters. The lowest BCUT2D eigenvalue weighted by atomic mass is 10.1. The average molecular weight is 329 g/mol. The molecule has 2 heterocycles. The molecule has 6 nitrogen and oxygen atoms in total. The van der Waals surface area contributed by atoms with Crippen LogP contribution >= 0.6 is 11.8 Å². The van der Waals surface area contributed by atoms with E-state index >= 15 is 0 Å². The first-order valence-electron chi connectivity index (χ1n) is 7.45. The van der Waals surface area contributed by atoms with Crippen LogP contribution in [-0.4, -0.2) is 48.7 Å². The molecule has 2 N–H and O–H groups in total. The van der Waals surface area contributed by atoms with E-state index in [1.807, 2.05) is 30.3 Å². The first-order valence-corrected chi connectivity index (χ1v) is 8.85. The van der Waals surface area contributed by atoms with Gasteiger partial charge in [-0.25, -0.2) is 9.67 Å². The van der Waals surface area contributed by atoms with Crippen LogP contribution in [-0.2, 0) is 13.0 Å². The van der Waals surface area contributed by atoms with Crippen LogP contribution in [0.1, 0.15) is 5.82 Å². The number of H-pyrrole nitrogens is 1. The molecule has 2 aromatic heterocycles. The third kappa shape index (κ3) is 3.62. The number of aliphatic hydroxyl groups is 1. The number of rotatable bonds is 7. The molecule has 1 aromatic carbocycles. The van der Waals surface area contributed by atoms with Crippen LogP contribution in [0.4, 0.5) is 0 Å². The first-order chi connectivity index (χ1) is 11.3. The van der Waals surface area contributed by atoms with Gasteiger partial charge < -0.3 is 5.11 Å². The van der Waals surface area contributed by atoms with E-state index in [0.29, 0.717) is 6.54 Å². The zero-order valence-corrected chi connectivity index (χ0v) is 13.8. The molecule has 0 unspecified atom stereocenters. The number of aromatic amines is 1. The molecule has 0 aliphatic heterocycles. The quantitative estimate of drug-likeness (QED) is 0.695. The highest BCUT2D eigenvalue weighted by Crippen LogP contribution is 2.23. The van der Waals surface area contributed by atoms with Gasteiger partial charge in [0.25, 0.3) is 0 Å². The van der Waals surface area contributed by atoms with Crippen LogP contribution in [0.3, 0.4) is 0 Å². The molecule has 120 valence electrons. The number of hydrogen-bond acceptors (Lipinski definition) is 5. The van der Waals surface area contributed by atoms with Crippen molar-refractivity contribution < 1.29 is 5.11 Å². The summed E-state index contributed by atoms with van der Waals surface area (Å²) in [5.41, 5.74) is 3.04. The third-order valence-corrected chi connectivity index (χ3v) is 4.12. The van der Waals surface area contributed by atoms with Crippen molar-refractivity contribution in [1.29, 1.82) is 0 Å². The Bertz CT molecular complexity index is 736. The van der Waals surface area contributed by atoms with Gasteiger partial charge in [-0.1, -0.05) is 24.3 Å². The molecule has 0 amide bonds. The Kier molecular flexibility index (Phi) is 5.09. The second kappa shape index (κ2) is 7.43. The largest absolute Gasteiger partial charge is 0.394 e. The second-order valence-electron chi connectivity index (χ2n) is 5.09. The Morgan fingerprint density at radius 1 is 1.17 bits per heavy atom. The van der Waals surface area contributed by atoms with E-state index in [0.717, 1.165) is 40.6 Å². The number of nitrogens with one attached hydrogen (secondary N) is 1. The van der Waals surface area contributed by atoms with Gasteiger partial charge in [-0.2, -0.15) is 22.0 Å². The van der Waals surface area contributed by atoms with E-state index in [2.05, 4.69) is 26.5 Å².